The molecule has 1 heterocycles. The van der Waals surface area contributed by atoms with Gasteiger partial charge in [0.2, 0.25) is 0 Å². The summed E-state index contributed by atoms with van der Waals surface area (Å²) in [5.74, 6) is 0.0427. The van der Waals surface area contributed by atoms with E-state index < -0.39 is 0 Å². The lowest BCUT2D eigenvalue weighted by molar-refractivity contribution is -0.907. The van der Waals surface area contributed by atoms with Crippen molar-refractivity contribution >= 4 is 11.8 Å². The van der Waals surface area contributed by atoms with Gasteiger partial charge in [-0.25, -0.2) is 0 Å². The molecule has 1 saturated heterocycles. The van der Waals surface area contributed by atoms with Gasteiger partial charge in [0, 0.05) is 0 Å². The summed E-state index contributed by atoms with van der Waals surface area (Å²) in [6.45, 7) is 5.83. The fourth-order valence-electron chi connectivity index (χ4n) is 2.87. The number of hydrogen-bond donors (Lipinski definition) is 3. The summed E-state index contributed by atoms with van der Waals surface area (Å²) in [5, 5.41) is 5.96. The number of hydrogen-bond acceptors (Lipinski definition) is 2. The van der Waals surface area contributed by atoms with Gasteiger partial charge in [0.25, 0.3) is 11.8 Å². The van der Waals surface area contributed by atoms with Crippen LogP contribution in [0, 0.1) is 0 Å². The largest absolute Gasteiger partial charge is 0.346 e. The van der Waals surface area contributed by atoms with E-state index in [2.05, 4.69) is 17.6 Å². The van der Waals surface area contributed by atoms with Gasteiger partial charge < -0.3 is 15.5 Å². The van der Waals surface area contributed by atoms with Crippen LogP contribution in [-0.2, 0) is 9.59 Å². The van der Waals surface area contributed by atoms with Crippen LogP contribution in [0.1, 0.15) is 38.3 Å². The molecule has 1 aromatic rings. The van der Waals surface area contributed by atoms with E-state index in [4.69, 9.17) is 0 Å². The Balaban J connectivity index is 1.99. The van der Waals surface area contributed by atoms with Crippen molar-refractivity contribution in [2.24, 2.45) is 0 Å². The maximum absolute atomic E-state index is 12.5. The Labute approximate surface area is 132 Å². The zero-order chi connectivity index (χ0) is 15.9. The van der Waals surface area contributed by atoms with Gasteiger partial charge in [-0.05, 0) is 18.9 Å². The van der Waals surface area contributed by atoms with E-state index in [1.165, 1.54) is 0 Å². The molecule has 5 heteroatoms. The molecule has 22 heavy (non-hydrogen) atoms. The van der Waals surface area contributed by atoms with Crippen molar-refractivity contribution in [2.45, 2.75) is 38.8 Å². The van der Waals surface area contributed by atoms with Crippen LogP contribution in [0.4, 0.5) is 0 Å². The quantitative estimate of drug-likeness (QED) is 0.695. The highest BCUT2D eigenvalue weighted by atomic mass is 16.2. The first-order valence-corrected chi connectivity index (χ1v) is 8.08. The molecule has 0 radical (unpaired) electrons. The molecule has 0 aliphatic carbocycles. The van der Waals surface area contributed by atoms with Crippen molar-refractivity contribution in [3.8, 4) is 0 Å². The third-order valence-corrected chi connectivity index (χ3v) is 4.26. The molecule has 2 amide bonds. The zero-order valence-corrected chi connectivity index (χ0v) is 13.4. The highest BCUT2D eigenvalue weighted by molar-refractivity contribution is 5.81. The number of carbonyl (C=O) groups excluding carboxylic acids is 2. The van der Waals surface area contributed by atoms with Crippen LogP contribution in [0.5, 0.6) is 0 Å². The Hall–Kier alpha value is -1.88. The van der Waals surface area contributed by atoms with Crippen LogP contribution in [0.15, 0.2) is 30.3 Å². The van der Waals surface area contributed by atoms with Gasteiger partial charge in [-0.15, -0.1) is 0 Å². The van der Waals surface area contributed by atoms with Crippen molar-refractivity contribution < 1.29 is 14.5 Å². The Morgan fingerprint density at radius 2 is 2.09 bits per heavy atom. The first kappa shape index (κ1) is 16.5. The first-order valence-electron chi connectivity index (χ1n) is 8.08. The molecule has 0 aromatic heterocycles. The van der Waals surface area contributed by atoms with Gasteiger partial charge in [-0.2, -0.15) is 0 Å². The van der Waals surface area contributed by atoms with Gasteiger partial charge in [0.15, 0.2) is 12.6 Å². The molecule has 1 aliphatic rings. The number of quaternary nitrogens is 1. The van der Waals surface area contributed by atoms with Crippen molar-refractivity contribution in [3.05, 3.63) is 35.9 Å². The molecule has 3 atom stereocenters. The van der Waals surface area contributed by atoms with Gasteiger partial charge in [0.05, 0.1) is 19.1 Å². The minimum atomic E-state index is -0.214. The van der Waals surface area contributed by atoms with Gasteiger partial charge in [-0.3, -0.25) is 9.59 Å². The lowest BCUT2D eigenvalue weighted by Crippen LogP contribution is -3.19. The van der Waals surface area contributed by atoms with Crippen molar-refractivity contribution in [2.75, 3.05) is 19.6 Å². The predicted octanol–water partition coefficient (Wildman–Crippen LogP) is 0.0472. The summed E-state index contributed by atoms with van der Waals surface area (Å²) < 4.78 is 0. The molecule has 5 nitrogen and oxygen atoms in total. The second-order valence-corrected chi connectivity index (χ2v) is 5.92. The monoisotopic (exact) mass is 304 g/mol. The zero-order valence-electron chi connectivity index (χ0n) is 13.4. The van der Waals surface area contributed by atoms with Gasteiger partial charge in [0.1, 0.15) is 0 Å². The van der Waals surface area contributed by atoms with Crippen molar-refractivity contribution in [3.63, 3.8) is 0 Å². The highest BCUT2D eigenvalue weighted by Crippen LogP contribution is 2.17. The molecule has 0 bridgehead atoms. The van der Waals surface area contributed by atoms with E-state index in [1.807, 2.05) is 37.3 Å². The molecule has 0 spiro atoms. The Morgan fingerprint density at radius 3 is 2.73 bits per heavy atom. The lowest BCUT2D eigenvalue weighted by atomic mass is 10.0. The second-order valence-electron chi connectivity index (χ2n) is 5.92. The fraction of sp³-hybridized carbons (Fsp3) is 0.529. The molecular formula is C17H26N3O2+. The standard InChI is InChI=1S/C17H25N3O2/c1-3-7-15(14-8-5-4-6-9-14)19-17(22)13(2)20-11-10-18-16(21)12-20/h4-6,8-9,13,15H,3,7,10-12H2,1-2H3,(H,18,21)(H,19,22)/p+1/t13-,15-/m0/s1. The van der Waals surface area contributed by atoms with Crippen LogP contribution in [0.25, 0.3) is 0 Å². The third kappa shape index (κ3) is 4.31. The fourth-order valence-corrected chi connectivity index (χ4v) is 2.87. The molecule has 1 fully saturated rings. The van der Waals surface area contributed by atoms with E-state index in [0.29, 0.717) is 13.1 Å². The number of piperazine rings is 1. The summed E-state index contributed by atoms with van der Waals surface area (Å²) in [5.41, 5.74) is 1.14. The Morgan fingerprint density at radius 1 is 1.36 bits per heavy atom. The van der Waals surface area contributed by atoms with Crippen LogP contribution < -0.4 is 15.5 Å². The van der Waals surface area contributed by atoms with E-state index >= 15 is 0 Å². The maximum atomic E-state index is 12.5. The number of benzene rings is 1. The van der Waals surface area contributed by atoms with Crippen LogP contribution >= 0.6 is 0 Å². The summed E-state index contributed by atoms with van der Waals surface area (Å²) in [7, 11) is 0. The molecule has 1 aromatic carbocycles. The Kier molecular flexibility index (Phi) is 5.95. The SMILES string of the molecule is CCC[C@H](NC(=O)[C@H](C)[NH+]1CCNC(=O)C1)c1ccccc1. The third-order valence-electron chi connectivity index (χ3n) is 4.26. The minimum absolute atomic E-state index is 0.0204. The van der Waals surface area contributed by atoms with E-state index in [1.54, 1.807) is 0 Å². The topological polar surface area (TPSA) is 62.6 Å². The van der Waals surface area contributed by atoms with Crippen LogP contribution in [0.3, 0.4) is 0 Å². The second kappa shape index (κ2) is 7.94. The molecule has 0 saturated carbocycles. The van der Waals surface area contributed by atoms with Gasteiger partial charge >= 0.3 is 0 Å². The normalized spacial score (nSPS) is 20.8. The van der Waals surface area contributed by atoms with Crippen LogP contribution in [-0.4, -0.2) is 37.5 Å². The van der Waals surface area contributed by atoms with Crippen LogP contribution in [0.2, 0.25) is 0 Å². The molecule has 1 unspecified atom stereocenters. The van der Waals surface area contributed by atoms with Crippen molar-refractivity contribution in [1.82, 2.24) is 10.6 Å². The first-order chi connectivity index (χ1) is 10.6. The molecule has 120 valence electrons. The van der Waals surface area contributed by atoms with E-state index in [-0.39, 0.29) is 23.9 Å². The maximum Gasteiger partial charge on any atom is 0.278 e. The smallest absolute Gasteiger partial charge is 0.278 e. The average molecular weight is 304 g/mol. The number of nitrogens with one attached hydrogen (secondary N) is 3. The number of rotatable bonds is 6. The summed E-state index contributed by atoms with van der Waals surface area (Å²) in [4.78, 5) is 25.1. The Bertz CT molecular complexity index is 504. The van der Waals surface area contributed by atoms with Gasteiger partial charge in [-0.1, -0.05) is 43.7 Å². The minimum Gasteiger partial charge on any atom is -0.346 e. The van der Waals surface area contributed by atoms with E-state index in [0.717, 1.165) is 29.8 Å². The number of carbonyl (C=O) groups is 2. The van der Waals surface area contributed by atoms with Crippen molar-refractivity contribution in [1.29, 1.82) is 0 Å². The molecule has 3 N–H and O–H groups in total. The molecule has 1 aliphatic heterocycles. The predicted molar refractivity (Wildman–Crippen MR) is 85.4 cm³/mol. The molecular weight excluding hydrogens is 278 g/mol. The number of amides is 2. The average Bonchev–Trinajstić information content (AvgIpc) is 2.54. The lowest BCUT2D eigenvalue weighted by Gasteiger charge is -2.29. The summed E-state index contributed by atoms with van der Waals surface area (Å²) in [6.07, 6.45) is 1.92. The summed E-state index contributed by atoms with van der Waals surface area (Å²) >= 11 is 0. The van der Waals surface area contributed by atoms with E-state index in [9.17, 15) is 9.59 Å². The molecule has 2 rings (SSSR count). The highest BCUT2D eigenvalue weighted by Gasteiger charge is 2.30. The summed E-state index contributed by atoms with van der Waals surface area (Å²) in [6, 6.07) is 9.89.